The van der Waals surface area contributed by atoms with Gasteiger partial charge in [-0.3, -0.25) is 4.79 Å². The van der Waals surface area contributed by atoms with Gasteiger partial charge in [0.1, 0.15) is 11.6 Å². The first-order valence-corrected chi connectivity index (χ1v) is 6.11. The maximum Gasteiger partial charge on any atom is 0.323 e. The summed E-state index contributed by atoms with van der Waals surface area (Å²) in [5, 5.41) is 0. The van der Waals surface area contributed by atoms with Gasteiger partial charge in [0.15, 0.2) is 0 Å². The molecule has 0 aliphatic rings. The van der Waals surface area contributed by atoms with Crippen LogP contribution in [0.2, 0.25) is 0 Å². The molecule has 0 saturated carbocycles. The fraction of sp³-hybridized carbons (Fsp3) is 0.917. The Hall–Kier alpha value is -0.610. The van der Waals surface area contributed by atoms with Gasteiger partial charge in [0, 0.05) is 0 Å². The predicted octanol–water partition coefficient (Wildman–Crippen LogP) is 1.56. The Morgan fingerprint density at radius 3 is 2.44 bits per heavy atom. The molecule has 0 saturated heterocycles. The van der Waals surface area contributed by atoms with Crippen LogP contribution in [0.3, 0.4) is 0 Å². The van der Waals surface area contributed by atoms with Crippen LogP contribution in [0.5, 0.6) is 0 Å². The summed E-state index contributed by atoms with van der Waals surface area (Å²) in [6, 6.07) is -0.497. The summed E-state index contributed by atoms with van der Waals surface area (Å²) in [6.45, 7) is 6.47. The Balaban J connectivity index is 3.82. The van der Waals surface area contributed by atoms with Crippen LogP contribution in [0, 0.1) is 0 Å². The van der Waals surface area contributed by atoms with E-state index in [1.54, 1.807) is 0 Å². The number of hydrogen-bond donors (Lipinski definition) is 2. The number of ether oxygens (including phenoxy) is 1. The molecule has 0 spiro atoms. The molecule has 0 aromatic heterocycles. The van der Waals surface area contributed by atoms with Gasteiger partial charge in [0.05, 0.1) is 0 Å². The number of unbranched alkanes of at least 4 members (excludes halogenated alkanes) is 2. The topological polar surface area (TPSA) is 78.3 Å². The van der Waals surface area contributed by atoms with E-state index in [-0.39, 0.29) is 5.97 Å². The SMILES string of the molecule is CCC(C)(C)OC(=O)C(N)CCCCCN. The first-order chi connectivity index (χ1) is 7.43. The van der Waals surface area contributed by atoms with Gasteiger partial charge in [-0.2, -0.15) is 0 Å². The monoisotopic (exact) mass is 230 g/mol. The van der Waals surface area contributed by atoms with Crippen molar-refractivity contribution in [3.8, 4) is 0 Å². The van der Waals surface area contributed by atoms with E-state index in [9.17, 15) is 4.79 Å². The molecule has 0 radical (unpaired) electrons. The van der Waals surface area contributed by atoms with E-state index in [0.29, 0.717) is 13.0 Å². The zero-order valence-electron chi connectivity index (χ0n) is 10.8. The third-order valence-corrected chi connectivity index (χ3v) is 2.75. The lowest BCUT2D eigenvalue weighted by atomic mass is 10.1. The molecule has 0 aromatic rings. The standard InChI is InChI=1S/C12H26N2O2/c1-4-12(2,3)16-11(15)10(14)8-6-5-7-9-13/h10H,4-9,13-14H2,1-3H3. The van der Waals surface area contributed by atoms with Crippen molar-refractivity contribution in [2.24, 2.45) is 11.5 Å². The molecule has 0 fully saturated rings. The van der Waals surface area contributed by atoms with Crippen molar-refractivity contribution in [3.63, 3.8) is 0 Å². The van der Waals surface area contributed by atoms with Gasteiger partial charge in [0.2, 0.25) is 0 Å². The van der Waals surface area contributed by atoms with E-state index < -0.39 is 11.6 Å². The molecule has 0 amide bonds. The zero-order chi connectivity index (χ0) is 12.6. The molecular weight excluding hydrogens is 204 g/mol. The van der Waals surface area contributed by atoms with Crippen LogP contribution in [-0.2, 0) is 9.53 Å². The van der Waals surface area contributed by atoms with Crippen molar-refractivity contribution in [2.45, 2.75) is 64.5 Å². The van der Waals surface area contributed by atoms with Gasteiger partial charge in [-0.15, -0.1) is 0 Å². The summed E-state index contributed by atoms with van der Waals surface area (Å²) in [5.41, 5.74) is 10.7. The van der Waals surface area contributed by atoms with Gasteiger partial charge in [0.25, 0.3) is 0 Å². The van der Waals surface area contributed by atoms with Crippen LogP contribution in [-0.4, -0.2) is 24.2 Å². The maximum atomic E-state index is 11.6. The number of rotatable bonds is 8. The van der Waals surface area contributed by atoms with Gasteiger partial charge < -0.3 is 16.2 Å². The van der Waals surface area contributed by atoms with Crippen LogP contribution in [0.15, 0.2) is 0 Å². The minimum atomic E-state index is -0.497. The maximum absolute atomic E-state index is 11.6. The normalized spacial score (nSPS) is 13.6. The molecule has 4 nitrogen and oxygen atoms in total. The third kappa shape index (κ3) is 6.80. The number of esters is 1. The van der Waals surface area contributed by atoms with Gasteiger partial charge in [-0.05, 0) is 39.7 Å². The van der Waals surface area contributed by atoms with Crippen molar-refractivity contribution in [2.75, 3.05) is 6.54 Å². The molecule has 1 unspecified atom stereocenters. The van der Waals surface area contributed by atoms with Crippen LogP contribution in [0.1, 0.15) is 52.9 Å². The molecule has 1 atom stereocenters. The summed E-state index contributed by atoms with van der Waals surface area (Å²) < 4.78 is 5.32. The van der Waals surface area contributed by atoms with Crippen molar-refractivity contribution in [1.82, 2.24) is 0 Å². The Bertz CT molecular complexity index is 205. The summed E-state index contributed by atoms with van der Waals surface area (Å²) in [5.74, 6) is -0.292. The Labute approximate surface area is 98.7 Å². The lowest BCUT2D eigenvalue weighted by molar-refractivity contribution is -0.158. The highest BCUT2D eigenvalue weighted by molar-refractivity contribution is 5.75. The predicted molar refractivity (Wildman–Crippen MR) is 66.0 cm³/mol. The molecule has 0 aromatic carbocycles. The average molecular weight is 230 g/mol. The minimum Gasteiger partial charge on any atom is -0.459 e. The summed E-state index contributed by atoms with van der Waals surface area (Å²) >= 11 is 0. The second-order valence-electron chi connectivity index (χ2n) is 4.78. The van der Waals surface area contributed by atoms with E-state index in [1.165, 1.54) is 0 Å². The van der Waals surface area contributed by atoms with Crippen LogP contribution in [0.25, 0.3) is 0 Å². The second-order valence-corrected chi connectivity index (χ2v) is 4.78. The van der Waals surface area contributed by atoms with E-state index in [1.807, 2.05) is 20.8 Å². The molecule has 96 valence electrons. The third-order valence-electron chi connectivity index (χ3n) is 2.75. The van der Waals surface area contributed by atoms with Crippen LogP contribution >= 0.6 is 0 Å². The van der Waals surface area contributed by atoms with E-state index in [0.717, 1.165) is 25.7 Å². The first-order valence-electron chi connectivity index (χ1n) is 6.11. The number of carbonyl (C=O) groups is 1. The number of hydrogen-bond acceptors (Lipinski definition) is 4. The molecule has 0 heterocycles. The Morgan fingerprint density at radius 2 is 1.94 bits per heavy atom. The largest absolute Gasteiger partial charge is 0.459 e. The fourth-order valence-electron chi connectivity index (χ4n) is 1.22. The summed E-state index contributed by atoms with van der Waals surface area (Å²) in [4.78, 5) is 11.6. The smallest absolute Gasteiger partial charge is 0.323 e. The number of nitrogens with two attached hydrogens (primary N) is 2. The highest BCUT2D eigenvalue weighted by atomic mass is 16.6. The molecule has 0 aliphatic carbocycles. The lowest BCUT2D eigenvalue weighted by Crippen LogP contribution is -2.38. The fourth-order valence-corrected chi connectivity index (χ4v) is 1.22. The molecule has 4 N–H and O–H groups in total. The summed E-state index contributed by atoms with van der Waals surface area (Å²) in [6.07, 6.45) is 4.41. The van der Waals surface area contributed by atoms with Gasteiger partial charge in [-0.1, -0.05) is 19.8 Å². The highest BCUT2D eigenvalue weighted by Crippen LogP contribution is 2.15. The molecule has 0 rings (SSSR count). The van der Waals surface area contributed by atoms with Crippen molar-refractivity contribution >= 4 is 5.97 Å². The Kier molecular flexibility index (Phi) is 7.34. The zero-order valence-corrected chi connectivity index (χ0v) is 10.8. The molecular formula is C12H26N2O2. The van der Waals surface area contributed by atoms with E-state index in [2.05, 4.69) is 0 Å². The Morgan fingerprint density at radius 1 is 1.31 bits per heavy atom. The molecule has 4 heteroatoms. The molecule has 0 bridgehead atoms. The lowest BCUT2D eigenvalue weighted by Gasteiger charge is -2.25. The first kappa shape index (κ1) is 15.4. The van der Waals surface area contributed by atoms with Gasteiger partial charge >= 0.3 is 5.97 Å². The average Bonchev–Trinajstić information content (AvgIpc) is 2.23. The molecule has 16 heavy (non-hydrogen) atoms. The minimum absolute atomic E-state index is 0.292. The van der Waals surface area contributed by atoms with Crippen molar-refractivity contribution in [1.29, 1.82) is 0 Å². The van der Waals surface area contributed by atoms with Crippen molar-refractivity contribution < 1.29 is 9.53 Å². The van der Waals surface area contributed by atoms with Crippen LogP contribution in [0.4, 0.5) is 0 Å². The highest BCUT2D eigenvalue weighted by Gasteiger charge is 2.24. The second kappa shape index (κ2) is 7.63. The molecule has 0 aliphatic heterocycles. The van der Waals surface area contributed by atoms with Crippen LogP contribution < -0.4 is 11.5 Å². The van der Waals surface area contributed by atoms with E-state index >= 15 is 0 Å². The summed E-state index contributed by atoms with van der Waals surface area (Å²) in [7, 11) is 0. The van der Waals surface area contributed by atoms with Gasteiger partial charge in [-0.25, -0.2) is 0 Å². The van der Waals surface area contributed by atoms with Crippen molar-refractivity contribution in [3.05, 3.63) is 0 Å². The quantitative estimate of drug-likeness (QED) is 0.490. The van der Waals surface area contributed by atoms with E-state index in [4.69, 9.17) is 16.2 Å². The number of carbonyl (C=O) groups excluding carboxylic acids is 1.